The molecule has 2 heterocycles. The Hall–Kier alpha value is -2.39. The zero-order chi connectivity index (χ0) is 19.6. The number of pyridine rings is 1. The topological polar surface area (TPSA) is 77.2 Å². The van der Waals surface area contributed by atoms with E-state index in [1.165, 1.54) is 4.90 Å². The van der Waals surface area contributed by atoms with E-state index in [1.807, 2.05) is 0 Å². The van der Waals surface area contributed by atoms with Crippen LogP contribution in [-0.2, 0) is 0 Å². The molecule has 146 valence electrons. The molecule has 3 rings (SSSR count). The van der Waals surface area contributed by atoms with Crippen molar-refractivity contribution in [2.24, 2.45) is 0 Å². The van der Waals surface area contributed by atoms with E-state index in [0.29, 0.717) is 29.6 Å². The second-order valence-corrected chi connectivity index (χ2v) is 6.55. The summed E-state index contributed by atoms with van der Waals surface area (Å²) in [6, 6.07) is 5.17. The number of benzene rings is 1. The van der Waals surface area contributed by atoms with E-state index in [9.17, 15) is 22.8 Å². The number of alkyl halides is 3. The molecule has 1 aliphatic heterocycles. The summed E-state index contributed by atoms with van der Waals surface area (Å²) in [5, 5.41) is 5.99. The molecule has 0 bridgehead atoms. The monoisotopic (exact) mass is 382 g/mol. The third-order valence-corrected chi connectivity index (χ3v) is 4.83. The van der Waals surface area contributed by atoms with E-state index in [-0.39, 0.29) is 18.7 Å². The summed E-state index contributed by atoms with van der Waals surface area (Å²) in [4.78, 5) is 28.7. The Balaban J connectivity index is 1.82. The first-order valence-electron chi connectivity index (χ1n) is 8.70. The highest BCUT2D eigenvalue weighted by molar-refractivity contribution is 5.99. The van der Waals surface area contributed by atoms with Gasteiger partial charge in [-0.15, -0.1) is 0 Å². The lowest BCUT2D eigenvalue weighted by molar-refractivity contribution is -0.183. The molecular weight excluding hydrogens is 361 g/mol. The molecule has 2 aromatic rings. The molecule has 9 heteroatoms. The Morgan fingerprint density at radius 3 is 2.59 bits per heavy atom. The first-order chi connectivity index (χ1) is 12.8. The van der Waals surface area contributed by atoms with Gasteiger partial charge in [0.05, 0.1) is 0 Å². The van der Waals surface area contributed by atoms with Crippen molar-refractivity contribution in [1.29, 1.82) is 0 Å². The fraction of sp³-hybridized carbons (Fsp3) is 0.444. The number of nitrogens with zero attached hydrogens (tertiary/aromatic N) is 1. The first-order valence-corrected chi connectivity index (χ1v) is 8.70. The number of carbonyl (C=O) groups is 1. The minimum absolute atomic E-state index is 0.157. The van der Waals surface area contributed by atoms with E-state index in [2.05, 4.69) is 15.6 Å². The number of hydrogen-bond acceptors (Lipinski definition) is 4. The summed E-state index contributed by atoms with van der Waals surface area (Å²) in [6.45, 7) is 2.43. The van der Waals surface area contributed by atoms with E-state index in [0.717, 1.165) is 0 Å². The molecule has 0 saturated carbocycles. The lowest BCUT2D eigenvalue weighted by Crippen LogP contribution is -2.57. The Kier molecular flexibility index (Phi) is 5.52. The van der Waals surface area contributed by atoms with Crippen LogP contribution in [0.4, 0.5) is 13.2 Å². The standard InChI is InChI=1S/C18H21F3N4O2/c1-11-12-4-2-3-5-13(12)24-17(27)15(11)16(26)23-10-14(18(19,20)21)25-8-6-22-7-9-25/h2-5,14,22H,6-10H2,1H3,(H,23,26)(H,24,27). The van der Waals surface area contributed by atoms with Gasteiger partial charge in [0.1, 0.15) is 11.6 Å². The van der Waals surface area contributed by atoms with Crippen LogP contribution in [0.5, 0.6) is 0 Å². The minimum atomic E-state index is -4.48. The van der Waals surface area contributed by atoms with E-state index in [1.54, 1.807) is 31.2 Å². The molecule has 1 aromatic heterocycles. The van der Waals surface area contributed by atoms with Crippen LogP contribution in [-0.4, -0.2) is 60.7 Å². The third kappa shape index (κ3) is 4.14. The molecule has 0 radical (unpaired) electrons. The van der Waals surface area contributed by atoms with Gasteiger partial charge < -0.3 is 15.6 Å². The van der Waals surface area contributed by atoms with E-state index in [4.69, 9.17) is 0 Å². The summed E-state index contributed by atoms with van der Waals surface area (Å²) in [5.41, 5.74) is 0.243. The fourth-order valence-electron chi connectivity index (χ4n) is 3.41. The van der Waals surface area contributed by atoms with Gasteiger partial charge in [-0.25, -0.2) is 0 Å². The second kappa shape index (κ2) is 7.69. The summed E-state index contributed by atoms with van der Waals surface area (Å²) >= 11 is 0. The zero-order valence-corrected chi connectivity index (χ0v) is 14.8. The number of piperazine rings is 1. The second-order valence-electron chi connectivity index (χ2n) is 6.55. The number of H-pyrrole nitrogens is 1. The predicted molar refractivity (Wildman–Crippen MR) is 95.9 cm³/mol. The number of amides is 1. The van der Waals surface area contributed by atoms with Gasteiger partial charge in [0.15, 0.2) is 0 Å². The molecule has 1 aromatic carbocycles. The average molecular weight is 382 g/mol. The smallest absolute Gasteiger partial charge is 0.350 e. The maximum Gasteiger partial charge on any atom is 0.405 e. The number of halogens is 3. The highest BCUT2D eigenvalue weighted by Crippen LogP contribution is 2.25. The van der Waals surface area contributed by atoms with Crippen LogP contribution in [0.3, 0.4) is 0 Å². The Morgan fingerprint density at radius 1 is 1.26 bits per heavy atom. The number of aromatic nitrogens is 1. The van der Waals surface area contributed by atoms with Gasteiger partial charge in [-0.1, -0.05) is 18.2 Å². The molecule has 1 saturated heterocycles. The van der Waals surface area contributed by atoms with Crippen molar-refractivity contribution in [3.8, 4) is 0 Å². The highest BCUT2D eigenvalue weighted by atomic mass is 19.4. The number of rotatable bonds is 4. The van der Waals surface area contributed by atoms with Crippen molar-refractivity contribution in [2.45, 2.75) is 19.1 Å². The minimum Gasteiger partial charge on any atom is -0.350 e. The van der Waals surface area contributed by atoms with E-state index >= 15 is 0 Å². The molecule has 1 fully saturated rings. The van der Waals surface area contributed by atoms with Crippen molar-refractivity contribution >= 4 is 16.8 Å². The van der Waals surface area contributed by atoms with Gasteiger partial charge in [-0.05, 0) is 18.6 Å². The van der Waals surface area contributed by atoms with Crippen LogP contribution in [0.15, 0.2) is 29.1 Å². The number of nitrogens with one attached hydrogen (secondary N) is 3. The van der Waals surface area contributed by atoms with Crippen molar-refractivity contribution in [2.75, 3.05) is 32.7 Å². The van der Waals surface area contributed by atoms with Crippen LogP contribution < -0.4 is 16.2 Å². The first kappa shape index (κ1) is 19.4. The number of fused-ring (bicyclic) bond motifs is 1. The summed E-state index contributed by atoms with van der Waals surface area (Å²) in [7, 11) is 0. The van der Waals surface area contributed by atoms with Gasteiger partial charge in [0.25, 0.3) is 11.5 Å². The Bertz CT molecular complexity index is 888. The van der Waals surface area contributed by atoms with Crippen molar-refractivity contribution in [1.82, 2.24) is 20.5 Å². The number of hydrogen-bond donors (Lipinski definition) is 3. The van der Waals surface area contributed by atoms with Crippen molar-refractivity contribution in [3.05, 3.63) is 45.7 Å². The molecule has 0 spiro atoms. The summed E-state index contributed by atoms with van der Waals surface area (Å²) in [5.74, 6) is -0.802. The Morgan fingerprint density at radius 2 is 1.93 bits per heavy atom. The highest BCUT2D eigenvalue weighted by Gasteiger charge is 2.44. The largest absolute Gasteiger partial charge is 0.405 e. The maximum absolute atomic E-state index is 13.4. The fourth-order valence-corrected chi connectivity index (χ4v) is 3.41. The van der Waals surface area contributed by atoms with Crippen LogP contribution in [0.2, 0.25) is 0 Å². The normalized spacial score (nSPS) is 17.0. The molecule has 1 atom stereocenters. The van der Waals surface area contributed by atoms with Crippen LogP contribution in [0.1, 0.15) is 15.9 Å². The van der Waals surface area contributed by atoms with Crippen molar-refractivity contribution < 1.29 is 18.0 Å². The van der Waals surface area contributed by atoms with Crippen molar-refractivity contribution in [3.63, 3.8) is 0 Å². The van der Waals surface area contributed by atoms with Gasteiger partial charge >= 0.3 is 6.18 Å². The van der Waals surface area contributed by atoms with Gasteiger partial charge in [0, 0.05) is 43.6 Å². The molecule has 0 aliphatic carbocycles. The molecule has 3 N–H and O–H groups in total. The molecule has 6 nitrogen and oxygen atoms in total. The summed E-state index contributed by atoms with van der Waals surface area (Å²) in [6.07, 6.45) is -4.48. The summed E-state index contributed by atoms with van der Waals surface area (Å²) < 4.78 is 40.3. The number of carbonyl (C=O) groups excluding carboxylic acids is 1. The lowest BCUT2D eigenvalue weighted by Gasteiger charge is -2.35. The van der Waals surface area contributed by atoms with E-state index < -0.39 is 30.2 Å². The molecule has 1 amide bonds. The van der Waals surface area contributed by atoms with Gasteiger partial charge in [0.2, 0.25) is 0 Å². The van der Waals surface area contributed by atoms with Gasteiger partial charge in [-0.3, -0.25) is 14.5 Å². The van der Waals surface area contributed by atoms with Crippen LogP contribution in [0, 0.1) is 6.92 Å². The maximum atomic E-state index is 13.4. The third-order valence-electron chi connectivity index (χ3n) is 4.83. The van der Waals surface area contributed by atoms with Gasteiger partial charge in [-0.2, -0.15) is 13.2 Å². The SMILES string of the molecule is Cc1c(C(=O)NCC(N2CCNCC2)C(F)(F)F)c(=O)[nH]c2ccccc12. The number of aromatic amines is 1. The predicted octanol–water partition coefficient (Wildman–Crippen LogP) is 1.40. The zero-order valence-electron chi connectivity index (χ0n) is 14.8. The number of para-hydroxylation sites is 1. The molecule has 1 unspecified atom stereocenters. The van der Waals surface area contributed by atoms with Crippen LogP contribution in [0.25, 0.3) is 10.9 Å². The quantitative estimate of drug-likeness (QED) is 0.747. The van der Waals surface area contributed by atoms with Crippen LogP contribution >= 0.6 is 0 Å². The number of aryl methyl sites for hydroxylation is 1. The Labute approximate surface area is 153 Å². The average Bonchev–Trinajstić information content (AvgIpc) is 2.61. The lowest BCUT2D eigenvalue weighted by atomic mass is 10.0. The molecular formula is C18H21F3N4O2. The molecule has 27 heavy (non-hydrogen) atoms. The molecule has 1 aliphatic rings.